The maximum absolute atomic E-state index is 12.8. The van der Waals surface area contributed by atoms with Crippen LogP contribution >= 0.6 is 11.6 Å². The summed E-state index contributed by atoms with van der Waals surface area (Å²) in [4.78, 5) is 36.9. The van der Waals surface area contributed by atoms with Gasteiger partial charge < -0.3 is 20.5 Å². The number of ether oxygens (including phenoxy) is 1. The van der Waals surface area contributed by atoms with E-state index in [0.717, 1.165) is 22.3 Å². The fourth-order valence-corrected chi connectivity index (χ4v) is 4.30. The van der Waals surface area contributed by atoms with Crippen molar-refractivity contribution in [2.24, 2.45) is 0 Å². The molecule has 1 unspecified atom stereocenters. The van der Waals surface area contributed by atoms with E-state index >= 15 is 0 Å². The van der Waals surface area contributed by atoms with Crippen LogP contribution in [0.25, 0.3) is 11.1 Å². The van der Waals surface area contributed by atoms with Crippen LogP contribution in [0.2, 0.25) is 5.02 Å². The Bertz CT molecular complexity index is 1300. The number of anilines is 1. The zero-order valence-electron chi connectivity index (χ0n) is 18.5. The van der Waals surface area contributed by atoms with Crippen LogP contribution in [0.15, 0.2) is 66.7 Å². The fourth-order valence-electron chi connectivity index (χ4n) is 4.13. The standard InChI is InChI=1S/C27H21ClN2O5/c1-2-7-24(25(31)29-23-13-12-16(28)14-21(23)26(32)33)30-27(34)35-15-22-19-10-5-3-8-17(19)18-9-4-6-11-20(18)22/h1,3-6,8-14,22,24H,7,15H2,(H,29,31)(H,30,34)(H,32,33). The summed E-state index contributed by atoms with van der Waals surface area (Å²) in [5, 5.41) is 14.5. The van der Waals surface area contributed by atoms with Crippen molar-refractivity contribution in [1.82, 2.24) is 5.32 Å². The van der Waals surface area contributed by atoms with Gasteiger partial charge in [0.05, 0.1) is 11.3 Å². The molecule has 7 nitrogen and oxygen atoms in total. The first-order valence-electron chi connectivity index (χ1n) is 10.8. The number of amides is 2. The molecule has 0 aromatic heterocycles. The molecule has 4 rings (SSSR count). The monoisotopic (exact) mass is 488 g/mol. The third-order valence-electron chi connectivity index (χ3n) is 5.74. The summed E-state index contributed by atoms with van der Waals surface area (Å²) in [6, 6.07) is 18.8. The second-order valence-corrected chi connectivity index (χ2v) is 8.35. The van der Waals surface area contributed by atoms with Gasteiger partial charge in [-0.3, -0.25) is 4.79 Å². The Kier molecular flexibility index (Phi) is 7.04. The molecule has 1 aliphatic rings. The highest BCUT2D eigenvalue weighted by Crippen LogP contribution is 2.44. The van der Waals surface area contributed by atoms with Gasteiger partial charge in [0.15, 0.2) is 0 Å². The molecule has 35 heavy (non-hydrogen) atoms. The van der Waals surface area contributed by atoms with Gasteiger partial charge in [-0.2, -0.15) is 0 Å². The minimum Gasteiger partial charge on any atom is -0.478 e. The number of alkyl carbamates (subject to hydrolysis) is 1. The van der Waals surface area contributed by atoms with Crippen LogP contribution < -0.4 is 10.6 Å². The number of carbonyl (C=O) groups excluding carboxylic acids is 2. The number of fused-ring (bicyclic) bond motifs is 3. The zero-order chi connectivity index (χ0) is 24.9. The quantitative estimate of drug-likeness (QED) is 0.410. The molecule has 0 heterocycles. The smallest absolute Gasteiger partial charge is 0.407 e. The van der Waals surface area contributed by atoms with Gasteiger partial charge in [0.25, 0.3) is 0 Å². The number of hydrogen-bond donors (Lipinski definition) is 3. The second-order valence-electron chi connectivity index (χ2n) is 7.92. The molecule has 3 aromatic rings. The molecule has 0 spiro atoms. The van der Waals surface area contributed by atoms with E-state index in [9.17, 15) is 19.5 Å². The number of halogens is 1. The van der Waals surface area contributed by atoms with Crippen LogP contribution in [0.3, 0.4) is 0 Å². The minimum atomic E-state index is -1.26. The second kappa shape index (κ2) is 10.3. The Hall–Kier alpha value is -4.28. The molecule has 3 aromatic carbocycles. The number of terminal acetylenes is 1. The van der Waals surface area contributed by atoms with Gasteiger partial charge in [0.2, 0.25) is 5.91 Å². The molecule has 1 atom stereocenters. The number of carbonyl (C=O) groups is 3. The maximum atomic E-state index is 12.8. The van der Waals surface area contributed by atoms with Crippen LogP contribution in [-0.4, -0.2) is 35.7 Å². The summed E-state index contributed by atoms with van der Waals surface area (Å²) in [5.74, 6) is 0.260. The lowest BCUT2D eigenvalue weighted by Gasteiger charge is -2.19. The number of carboxylic acid groups (broad SMARTS) is 1. The van der Waals surface area contributed by atoms with Crippen molar-refractivity contribution >= 4 is 35.3 Å². The fraction of sp³-hybridized carbons (Fsp3) is 0.148. The Labute approximate surface area is 207 Å². The largest absolute Gasteiger partial charge is 0.478 e. The van der Waals surface area contributed by atoms with Crippen molar-refractivity contribution in [3.63, 3.8) is 0 Å². The Morgan fingerprint density at radius 3 is 2.26 bits per heavy atom. The van der Waals surface area contributed by atoms with Crippen molar-refractivity contribution < 1.29 is 24.2 Å². The summed E-state index contributed by atoms with van der Waals surface area (Å²) in [5.41, 5.74) is 4.15. The van der Waals surface area contributed by atoms with Crippen molar-refractivity contribution in [2.45, 2.75) is 18.4 Å². The van der Waals surface area contributed by atoms with Gasteiger partial charge in [-0.05, 0) is 40.5 Å². The topological polar surface area (TPSA) is 105 Å². The minimum absolute atomic E-state index is 0.0308. The molecule has 1 aliphatic carbocycles. The summed E-state index contributed by atoms with van der Waals surface area (Å²) in [7, 11) is 0. The molecule has 0 radical (unpaired) electrons. The lowest BCUT2D eigenvalue weighted by atomic mass is 9.98. The third kappa shape index (κ3) is 5.13. The van der Waals surface area contributed by atoms with E-state index in [0.29, 0.717) is 0 Å². The summed E-state index contributed by atoms with van der Waals surface area (Å²) in [6.07, 6.45) is 4.45. The zero-order valence-corrected chi connectivity index (χ0v) is 19.2. The van der Waals surface area contributed by atoms with Gasteiger partial charge in [-0.25, -0.2) is 9.59 Å². The summed E-state index contributed by atoms with van der Waals surface area (Å²) in [6.45, 7) is 0.0740. The maximum Gasteiger partial charge on any atom is 0.407 e. The molecule has 2 amide bonds. The number of carboxylic acids is 1. The number of nitrogens with one attached hydrogen (secondary N) is 2. The number of rotatable bonds is 7. The summed E-state index contributed by atoms with van der Waals surface area (Å²) < 4.78 is 5.48. The Morgan fingerprint density at radius 1 is 1.03 bits per heavy atom. The highest BCUT2D eigenvalue weighted by Gasteiger charge is 2.30. The van der Waals surface area contributed by atoms with Crippen LogP contribution in [0.5, 0.6) is 0 Å². The van der Waals surface area contributed by atoms with Gasteiger partial charge in [0.1, 0.15) is 12.6 Å². The molecule has 0 fully saturated rings. The Balaban J connectivity index is 1.43. The van der Waals surface area contributed by atoms with E-state index in [4.69, 9.17) is 22.8 Å². The van der Waals surface area contributed by atoms with Crippen LogP contribution in [0, 0.1) is 12.3 Å². The van der Waals surface area contributed by atoms with Crippen molar-refractivity contribution in [1.29, 1.82) is 0 Å². The lowest BCUT2D eigenvalue weighted by Crippen LogP contribution is -2.44. The van der Waals surface area contributed by atoms with Gasteiger partial charge in [-0.1, -0.05) is 60.1 Å². The van der Waals surface area contributed by atoms with E-state index in [2.05, 4.69) is 16.6 Å². The predicted octanol–water partition coefficient (Wildman–Crippen LogP) is 4.91. The predicted molar refractivity (Wildman–Crippen MR) is 132 cm³/mol. The lowest BCUT2D eigenvalue weighted by molar-refractivity contribution is -0.118. The molecule has 176 valence electrons. The molecular weight excluding hydrogens is 468 g/mol. The highest BCUT2D eigenvalue weighted by molar-refractivity contribution is 6.31. The first kappa shape index (κ1) is 23.9. The van der Waals surface area contributed by atoms with Crippen molar-refractivity contribution in [2.75, 3.05) is 11.9 Å². The first-order chi connectivity index (χ1) is 16.9. The molecule has 0 saturated heterocycles. The van der Waals surface area contributed by atoms with Crippen molar-refractivity contribution in [3.8, 4) is 23.5 Å². The van der Waals surface area contributed by atoms with E-state index in [1.807, 2.05) is 48.5 Å². The SMILES string of the molecule is C#CCC(NC(=O)OCC1c2ccccc2-c2ccccc21)C(=O)Nc1ccc(Cl)cc1C(=O)O. The average Bonchev–Trinajstić information content (AvgIpc) is 3.17. The van der Waals surface area contributed by atoms with Gasteiger partial charge >= 0.3 is 12.1 Å². The highest BCUT2D eigenvalue weighted by atomic mass is 35.5. The van der Waals surface area contributed by atoms with Crippen LogP contribution in [0.1, 0.15) is 33.8 Å². The van der Waals surface area contributed by atoms with E-state index in [-0.39, 0.29) is 35.2 Å². The number of aromatic carboxylic acids is 1. The van der Waals surface area contributed by atoms with E-state index < -0.39 is 24.0 Å². The molecular formula is C27H21ClN2O5. The van der Waals surface area contributed by atoms with Gasteiger partial charge in [-0.15, -0.1) is 12.3 Å². The number of benzene rings is 3. The van der Waals surface area contributed by atoms with Crippen molar-refractivity contribution in [3.05, 3.63) is 88.4 Å². The molecule has 3 N–H and O–H groups in total. The molecule has 0 saturated carbocycles. The van der Waals surface area contributed by atoms with E-state index in [1.54, 1.807) is 0 Å². The number of hydrogen-bond acceptors (Lipinski definition) is 4. The Morgan fingerprint density at radius 2 is 1.66 bits per heavy atom. The first-order valence-corrected chi connectivity index (χ1v) is 11.2. The molecule has 0 bridgehead atoms. The average molecular weight is 489 g/mol. The van der Waals surface area contributed by atoms with Crippen LogP contribution in [0.4, 0.5) is 10.5 Å². The third-order valence-corrected chi connectivity index (χ3v) is 5.98. The van der Waals surface area contributed by atoms with Gasteiger partial charge in [0, 0.05) is 17.4 Å². The molecule has 8 heteroatoms. The summed E-state index contributed by atoms with van der Waals surface area (Å²) >= 11 is 5.85. The van der Waals surface area contributed by atoms with E-state index in [1.165, 1.54) is 18.2 Å². The molecule has 0 aliphatic heterocycles. The normalized spacial score (nSPS) is 12.6. The van der Waals surface area contributed by atoms with Crippen LogP contribution in [-0.2, 0) is 9.53 Å².